The van der Waals surface area contributed by atoms with Crippen LogP contribution in [0.4, 0.5) is 0 Å². The minimum Gasteiger partial charge on any atom is -0.386 e. The zero-order chi connectivity index (χ0) is 13.4. The second-order valence-corrected chi connectivity index (χ2v) is 3.59. The van der Waals surface area contributed by atoms with Gasteiger partial charge in [-0.1, -0.05) is 18.2 Å². The van der Waals surface area contributed by atoms with Crippen molar-refractivity contribution in [1.82, 2.24) is 5.06 Å². The van der Waals surface area contributed by atoms with Crippen molar-refractivity contribution in [1.29, 1.82) is 5.41 Å². The predicted molar refractivity (Wildman–Crippen MR) is 68.8 cm³/mol. The quantitative estimate of drug-likeness (QED) is 0.339. The molecule has 3 N–H and O–H groups in total. The monoisotopic (exact) mass is 245 g/mol. The molecule has 1 aromatic rings. The zero-order valence-corrected chi connectivity index (χ0v) is 9.93. The van der Waals surface area contributed by atoms with Crippen molar-refractivity contribution < 1.29 is 9.63 Å². The minimum atomic E-state index is -0.492. The lowest BCUT2D eigenvalue weighted by Crippen LogP contribution is -2.36. The van der Waals surface area contributed by atoms with Crippen LogP contribution in [0.3, 0.4) is 0 Å². The first kappa shape index (κ1) is 13.7. The molecule has 5 heteroatoms. The molecule has 0 aliphatic carbocycles. The van der Waals surface area contributed by atoms with Crippen LogP contribution in [0.15, 0.2) is 30.3 Å². The fraction of sp³-hybridized carbons (Fsp3) is 0.231. The molecule has 0 amide bonds. The number of carbonyl (C=O) groups is 1. The third kappa shape index (κ3) is 4.68. The summed E-state index contributed by atoms with van der Waals surface area (Å²) in [7, 11) is 0. The van der Waals surface area contributed by atoms with Gasteiger partial charge in [0.1, 0.15) is 5.84 Å². The Labute approximate surface area is 106 Å². The molecule has 0 saturated carbocycles. The van der Waals surface area contributed by atoms with Gasteiger partial charge >= 0.3 is 5.97 Å². The molecule has 0 saturated heterocycles. The standard InChI is InChI=1S/C13H15N3O2/c1-2-3-9-16(10-12(14)15)18-13(17)11-7-5-4-6-8-11/h1,4-8H,3,9-10H2,(H3,14,15). The Hall–Kier alpha value is -2.32. The van der Waals surface area contributed by atoms with Crippen LogP contribution in [0.1, 0.15) is 16.8 Å². The SMILES string of the molecule is C#CCCN(CC(=N)N)OC(=O)c1ccccc1. The van der Waals surface area contributed by atoms with Crippen LogP contribution in [-0.4, -0.2) is 30.0 Å². The van der Waals surface area contributed by atoms with E-state index in [0.717, 1.165) is 0 Å². The molecule has 0 spiro atoms. The van der Waals surface area contributed by atoms with Gasteiger partial charge in [-0.15, -0.1) is 17.4 Å². The summed E-state index contributed by atoms with van der Waals surface area (Å²) in [6, 6.07) is 8.59. The third-order valence-corrected chi connectivity index (χ3v) is 2.07. The molecule has 0 aliphatic heterocycles. The summed E-state index contributed by atoms with van der Waals surface area (Å²) in [5.74, 6) is 1.86. The van der Waals surface area contributed by atoms with E-state index in [-0.39, 0.29) is 12.4 Å². The van der Waals surface area contributed by atoms with Crippen molar-refractivity contribution in [2.75, 3.05) is 13.1 Å². The number of nitrogens with one attached hydrogen (secondary N) is 1. The van der Waals surface area contributed by atoms with Gasteiger partial charge in [0.15, 0.2) is 0 Å². The maximum atomic E-state index is 11.8. The molecule has 5 nitrogen and oxygen atoms in total. The second-order valence-electron chi connectivity index (χ2n) is 3.59. The van der Waals surface area contributed by atoms with E-state index in [1.807, 2.05) is 6.07 Å². The summed E-state index contributed by atoms with van der Waals surface area (Å²) >= 11 is 0. The Kier molecular flexibility index (Phi) is 5.42. The van der Waals surface area contributed by atoms with Gasteiger partial charge in [-0.05, 0) is 12.1 Å². The molecule has 0 unspecified atom stereocenters. The summed E-state index contributed by atoms with van der Waals surface area (Å²) in [4.78, 5) is 16.9. The average Bonchev–Trinajstić information content (AvgIpc) is 2.36. The highest BCUT2D eigenvalue weighted by molar-refractivity contribution is 5.89. The largest absolute Gasteiger partial charge is 0.386 e. The summed E-state index contributed by atoms with van der Waals surface area (Å²) in [5, 5.41) is 8.49. The van der Waals surface area contributed by atoms with Crippen molar-refractivity contribution in [3.8, 4) is 12.3 Å². The molecule has 0 fully saturated rings. The van der Waals surface area contributed by atoms with E-state index >= 15 is 0 Å². The number of benzene rings is 1. The van der Waals surface area contributed by atoms with Crippen molar-refractivity contribution in [2.45, 2.75) is 6.42 Å². The first-order valence-electron chi connectivity index (χ1n) is 5.42. The molecule has 0 heterocycles. The van der Waals surface area contributed by atoms with E-state index in [9.17, 15) is 4.79 Å². The fourth-order valence-corrected chi connectivity index (χ4v) is 1.28. The van der Waals surface area contributed by atoms with Gasteiger partial charge in [0.05, 0.1) is 12.1 Å². The number of rotatable bonds is 6. The lowest BCUT2D eigenvalue weighted by Gasteiger charge is -2.19. The summed E-state index contributed by atoms with van der Waals surface area (Å²) < 4.78 is 0. The van der Waals surface area contributed by atoms with E-state index < -0.39 is 5.97 Å². The highest BCUT2D eigenvalue weighted by Crippen LogP contribution is 2.03. The van der Waals surface area contributed by atoms with Crippen molar-refractivity contribution in [2.24, 2.45) is 5.73 Å². The smallest absolute Gasteiger partial charge is 0.357 e. The number of nitrogens with zero attached hydrogens (tertiary/aromatic N) is 1. The number of hydrogen-bond donors (Lipinski definition) is 2. The molecule has 0 radical (unpaired) electrons. The molecular formula is C13H15N3O2. The summed E-state index contributed by atoms with van der Waals surface area (Å²) in [5.41, 5.74) is 5.71. The van der Waals surface area contributed by atoms with Gasteiger partial charge in [-0.3, -0.25) is 5.41 Å². The van der Waals surface area contributed by atoms with E-state index in [4.69, 9.17) is 22.4 Å². The van der Waals surface area contributed by atoms with Gasteiger partial charge in [0.25, 0.3) is 0 Å². The lowest BCUT2D eigenvalue weighted by atomic mass is 10.2. The van der Waals surface area contributed by atoms with Crippen LogP contribution >= 0.6 is 0 Å². The first-order chi connectivity index (χ1) is 8.63. The highest BCUT2D eigenvalue weighted by atomic mass is 16.7. The van der Waals surface area contributed by atoms with Gasteiger partial charge in [0, 0.05) is 13.0 Å². The van der Waals surface area contributed by atoms with E-state index in [1.165, 1.54) is 5.06 Å². The third-order valence-electron chi connectivity index (χ3n) is 2.07. The first-order valence-corrected chi connectivity index (χ1v) is 5.42. The molecule has 94 valence electrons. The maximum absolute atomic E-state index is 11.8. The van der Waals surface area contributed by atoms with E-state index in [0.29, 0.717) is 18.5 Å². The molecule has 1 aromatic carbocycles. The number of amidine groups is 1. The normalized spacial score (nSPS) is 9.78. The van der Waals surface area contributed by atoms with Gasteiger partial charge in [-0.2, -0.15) is 0 Å². The molecule has 0 aromatic heterocycles. The predicted octanol–water partition coefficient (Wildman–Crippen LogP) is 1.02. The Morgan fingerprint density at radius 1 is 1.44 bits per heavy atom. The molecular weight excluding hydrogens is 230 g/mol. The Balaban J connectivity index is 2.62. The fourth-order valence-electron chi connectivity index (χ4n) is 1.28. The molecule has 1 rings (SSSR count). The molecule has 0 aliphatic rings. The highest BCUT2D eigenvalue weighted by Gasteiger charge is 2.13. The van der Waals surface area contributed by atoms with Crippen LogP contribution in [0.25, 0.3) is 0 Å². The Bertz CT molecular complexity index is 451. The number of nitrogens with two attached hydrogens (primary N) is 1. The minimum absolute atomic E-state index is 0.0419. The van der Waals surface area contributed by atoms with Crippen LogP contribution < -0.4 is 5.73 Å². The van der Waals surface area contributed by atoms with Gasteiger partial charge in [0.2, 0.25) is 0 Å². The lowest BCUT2D eigenvalue weighted by molar-refractivity contribution is -0.0974. The average molecular weight is 245 g/mol. The number of carbonyl (C=O) groups excluding carboxylic acids is 1. The summed E-state index contributed by atoms with van der Waals surface area (Å²) in [6.07, 6.45) is 5.56. The van der Waals surface area contributed by atoms with E-state index in [2.05, 4.69) is 5.92 Å². The molecule has 0 bridgehead atoms. The number of hydroxylamine groups is 2. The number of hydrogen-bond acceptors (Lipinski definition) is 4. The van der Waals surface area contributed by atoms with Crippen LogP contribution in [0.2, 0.25) is 0 Å². The number of terminal acetylenes is 1. The Morgan fingerprint density at radius 3 is 2.67 bits per heavy atom. The van der Waals surface area contributed by atoms with Crippen LogP contribution in [0, 0.1) is 17.8 Å². The molecule has 0 atom stereocenters. The van der Waals surface area contributed by atoms with Gasteiger partial charge in [-0.25, -0.2) is 4.79 Å². The van der Waals surface area contributed by atoms with Crippen LogP contribution in [-0.2, 0) is 4.84 Å². The van der Waals surface area contributed by atoms with Crippen molar-refractivity contribution in [3.05, 3.63) is 35.9 Å². The van der Waals surface area contributed by atoms with Gasteiger partial charge < -0.3 is 10.6 Å². The molecule has 18 heavy (non-hydrogen) atoms. The topological polar surface area (TPSA) is 79.4 Å². The Morgan fingerprint density at radius 2 is 2.11 bits per heavy atom. The van der Waals surface area contributed by atoms with Crippen molar-refractivity contribution in [3.63, 3.8) is 0 Å². The van der Waals surface area contributed by atoms with Crippen molar-refractivity contribution >= 4 is 11.8 Å². The second kappa shape index (κ2) is 7.09. The van der Waals surface area contributed by atoms with E-state index in [1.54, 1.807) is 24.3 Å². The summed E-state index contributed by atoms with van der Waals surface area (Å²) in [6.45, 7) is 0.384. The zero-order valence-electron chi connectivity index (χ0n) is 9.93. The maximum Gasteiger partial charge on any atom is 0.357 e. The van der Waals surface area contributed by atoms with Crippen LogP contribution in [0.5, 0.6) is 0 Å².